The first kappa shape index (κ1) is 12.1. The number of para-hydroxylation sites is 2. The normalized spacial score (nSPS) is 15.0. The number of hydrogen-bond donors (Lipinski definition) is 1. The van der Waals surface area contributed by atoms with E-state index in [1.54, 1.807) is 0 Å². The number of fused-ring (bicyclic) bond motifs is 1. The predicted molar refractivity (Wildman–Crippen MR) is 70.0 cm³/mol. The molecule has 0 saturated heterocycles. The Balaban J connectivity index is 2.36. The Morgan fingerprint density at radius 3 is 2.76 bits per heavy atom. The van der Waals surface area contributed by atoms with Gasteiger partial charge in [-0.15, -0.1) is 0 Å². The fourth-order valence-corrected chi connectivity index (χ4v) is 2.38. The summed E-state index contributed by atoms with van der Waals surface area (Å²) >= 11 is 0. The Morgan fingerprint density at radius 2 is 2.06 bits per heavy atom. The lowest BCUT2D eigenvalue weighted by Gasteiger charge is -2.23. The molecule has 92 valence electrons. The van der Waals surface area contributed by atoms with E-state index in [1.165, 1.54) is 0 Å². The zero-order chi connectivity index (χ0) is 12.3. The molecule has 3 nitrogen and oxygen atoms in total. The molecule has 0 radical (unpaired) electrons. The Morgan fingerprint density at radius 1 is 1.29 bits per heavy atom. The molecule has 2 atom stereocenters. The minimum Gasteiger partial charge on any atom is -0.391 e. The first-order chi connectivity index (χ1) is 8.27. The Labute approximate surface area is 102 Å². The van der Waals surface area contributed by atoms with Crippen LogP contribution >= 0.6 is 0 Å². The average Bonchev–Trinajstić information content (AvgIpc) is 2.75. The number of rotatable bonds is 5. The number of aliphatic hydroxyl groups is 1. The monoisotopic (exact) mass is 232 g/mol. The van der Waals surface area contributed by atoms with Gasteiger partial charge in [0.2, 0.25) is 0 Å². The van der Waals surface area contributed by atoms with E-state index >= 15 is 0 Å². The highest BCUT2D eigenvalue weighted by atomic mass is 16.3. The van der Waals surface area contributed by atoms with E-state index in [-0.39, 0.29) is 12.1 Å². The van der Waals surface area contributed by atoms with Crippen LogP contribution in [0, 0.1) is 0 Å². The standard InChI is InChI=1S/C14H20N2O/c1-3-7-14(17)12(4-2)16-10-15-11-8-5-6-9-13(11)16/h5-6,8-10,12,14,17H,3-4,7H2,1-2H3. The van der Waals surface area contributed by atoms with Crippen LogP contribution in [0.4, 0.5) is 0 Å². The van der Waals surface area contributed by atoms with Crippen molar-refractivity contribution in [3.8, 4) is 0 Å². The summed E-state index contributed by atoms with van der Waals surface area (Å²) in [5, 5.41) is 10.2. The van der Waals surface area contributed by atoms with E-state index in [9.17, 15) is 5.11 Å². The minimum absolute atomic E-state index is 0.127. The van der Waals surface area contributed by atoms with Crippen LogP contribution in [0.2, 0.25) is 0 Å². The van der Waals surface area contributed by atoms with E-state index < -0.39 is 0 Å². The van der Waals surface area contributed by atoms with Crippen molar-refractivity contribution in [2.75, 3.05) is 0 Å². The molecule has 17 heavy (non-hydrogen) atoms. The Hall–Kier alpha value is -1.35. The maximum absolute atomic E-state index is 10.2. The van der Waals surface area contributed by atoms with Crippen LogP contribution in [0.3, 0.4) is 0 Å². The maximum Gasteiger partial charge on any atom is 0.0961 e. The largest absolute Gasteiger partial charge is 0.391 e. The molecule has 0 saturated carbocycles. The second-order valence-corrected chi connectivity index (χ2v) is 4.47. The van der Waals surface area contributed by atoms with Gasteiger partial charge in [0.25, 0.3) is 0 Å². The number of benzene rings is 1. The molecule has 1 aromatic carbocycles. The number of aromatic nitrogens is 2. The van der Waals surface area contributed by atoms with Crippen molar-refractivity contribution >= 4 is 11.0 Å². The van der Waals surface area contributed by atoms with Gasteiger partial charge >= 0.3 is 0 Å². The molecule has 0 amide bonds. The molecule has 2 rings (SSSR count). The van der Waals surface area contributed by atoms with Crippen LogP contribution in [0.5, 0.6) is 0 Å². The maximum atomic E-state index is 10.2. The van der Waals surface area contributed by atoms with Crippen molar-refractivity contribution < 1.29 is 5.11 Å². The summed E-state index contributed by atoms with van der Waals surface area (Å²) in [4.78, 5) is 4.38. The summed E-state index contributed by atoms with van der Waals surface area (Å²) in [6.45, 7) is 4.21. The molecule has 0 aliphatic rings. The van der Waals surface area contributed by atoms with Gasteiger partial charge in [0.15, 0.2) is 0 Å². The zero-order valence-electron chi connectivity index (χ0n) is 10.5. The van der Waals surface area contributed by atoms with Gasteiger partial charge in [0, 0.05) is 0 Å². The fourth-order valence-electron chi connectivity index (χ4n) is 2.38. The second kappa shape index (κ2) is 5.32. The van der Waals surface area contributed by atoms with E-state index in [0.29, 0.717) is 0 Å². The number of nitrogens with zero attached hydrogens (tertiary/aromatic N) is 2. The SMILES string of the molecule is CCCC(O)C(CC)n1cnc2ccccc21. The first-order valence-electron chi connectivity index (χ1n) is 6.37. The van der Waals surface area contributed by atoms with Crippen molar-refractivity contribution in [3.63, 3.8) is 0 Å². The van der Waals surface area contributed by atoms with Crippen molar-refractivity contribution in [1.82, 2.24) is 9.55 Å². The van der Waals surface area contributed by atoms with Crippen LogP contribution in [-0.4, -0.2) is 20.8 Å². The summed E-state index contributed by atoms with van der Waals surface area (Å²) in [6.07, 6.45) is 4.32. The van der Waals surface area contributed by atoms with Crippen molar-refractivity contribution in [2.24, 2.45) is 0 Å². The summed E-state index contributed by atoms with van der Waals surface area (Å²) in [5.74, 6) is 0. The van der Waals surface area contributed by atoms with Crippen LogP contribution in [0.1, 0.15) is 39.2 Å². The van der Waals surface area contributed by atoms with E-state index in [1.807, 2.05) is 24.5 Å². The topological polar surface area (TPSA) is 38.0 Å². The highest BCUT2D eigenvalue weighted by molar-refractivity contribution is 5.75. The average molecular weight is 232 g/mol. The molecule has 1 aromatic heterocycles. The van der Waals surface area contributed by atoms with Gasteiger partial charge in [-0.1, -0.05) is 32.4 Å². The van der Waals surface area contributed by atoms with Gasteiger partial charge < -0.3 is 9.67 Å². The molecular weight excluding hydrogens is 212 g/mol. The van der Waals surface area contributed by atoms with E-state index in [2.05, 4.69) is 29.5 Å². The summed E-state index contributed by atoms with van der Waals surface area (Å²) in [6, 6.07) is 8.19. The summed E-state index contributed by atoms with van der Waals surface area (Å²) in [7, 11) is 0. The molecule has 0 fully saturated rings. The summed E-state index contributed by atoms with van der Waals surface area (Å²) in [5.41, 5.74) is 2.10. The Kier molecular flexibility index (Phi) is 3.79. The van der Waals surface area contributed by atoms with Gasteiger partial charge in [0.1, 0.15) is 0 Å². The molecule has 2 aromatic rings. The predicted octanol–water partition coefficient (Wildman–Crippen LogP) is 3.15. The number of aliphatic hydroxyl groups excluding tert-OH is 1. The van der Waals surface area contributed by atoms with E-state index in [0.717, 1.165) is 30.3 Å². The minimum atomic E-state index is -0.289. The quantitative estimate of drug-likeness (QED) is 0.860. The Bertz CT molecular complexity index is 478. The lowest BCUT2D eigenvalue weighted by atomic mass is 10.0. The van der Waals surface area contributed by atoms with Crippen LogP contribution < -0.4 is 0 Å². The third kappa shape index (κ3) is 2.34. The lowest BCUT2D eigenvalue weighted by Crippen LogP contribution is -2.23. The molecule has 1 heterocycles. The third-order valence-electron chi connectivity index (χ3n) is 3.29. The van der Waals surface area contributed by atoms with Gasteiger partial charge in [0.05, 0.1) is 29.5 Å². The van der Waals surface area contributed by atoms with Crippen LogP contribution in [0.25, 0.3) is 11.0 Å². The van der Waals surface area contributed by atoms with Gasteiger partial charge in [-0.3, -0.25) is 0 Å². The van der Waals surface area contributed by atoms with Crippen LogP contribution in [0.15, 0.2) is 30.6 Å². The smallest absolute Gasteiger partial charge is 0.0961 e. The van der Waals surface area contributed by atoms with Crippen molar-refractivity contribution in [1.29, 1.82) is 0 Å². The molecule has 3 heteroatoms. The van der Waals surface area contributed by atoms with Gasteiger partial charge in [-0.05, 0) is 25.0 Å². The van der Waals surface area contributed by atoms with Gasteiger partial charge in [-0.2, -0.15) is 0 Å². The first-order valence-corrected chi connectivity index (χ1v) is 6.37. The molecule has 0 aliphatic carbocycles. The van der Waals surface area contributed by atoms with Crippen LogP contribution in [-0.2, 0) is 0 Å². The van der Waals surface area contributed by atoms with Crippen molar-refractivity contribution in [2.45, 2.75) is 45.3 Å². The molecule has 2 unspecified atom stereocenters. The second-order valence-electron chi connectivity index (χ2n) is 4.47. The highest BCUT2D eigenvalue weighted by Crippen LogP contribution is 2.24. The molecular formula is C14H20N2O. The number of imidazole rings is 1. The lowest BCUT2D eigenvalue weighted by molar-refractivity contribution is 0.102. The number of hydrogen-bond acceptors (Lipinski definition) is 2. The highest BCUT2D eigenvalue weighted by Gasteiger charge is 2.19. The van der Waals surface area contributed by atoms with E-state index in [4.69, 9.17) is 0 Å². The molecule has 0 aliphatic heterocycles. The molecule has 0 spiro atoms. The fraction of sp³-hybridized carbons (Fsp3) is 0.500. The molecule has 1 N–H and O–H groups in total. The summed E-state index contributed by atoms with van der Waals surface area (Å²) < 4.78 is 2.11. The van der Waals surface area contributed by atoms with Gasteiger partial charge in [-0.25, -0.2) is 4.98 Å². The third-order valence-corrected chi connectivity index (χ3v) is 3.29. The molecule has 0 bridgehead atoms. The van der Waals surface area contributed by atoms with Crippen molar-refractivity contribution in [3.05, 3.63) is 30.6 Å². The zero-order valence-corrected chi connectivity index (χ0v) is 10.5.